The van der Waals surface area contributed by atoms with Crippen molar-refractivity contribution < 1.29 is 14.6 Å². The molecule has 5 aliphatic rings. The molecule has 5 fully saturated rings. The summed E-state index contributed by atoms with van der Waals surface area (Å²) in [5.74, 6) is 3.07. The van der Waals surface area contributed by atoms with E-state index in [0.717, 1.165) is 12.3 Å². The van der Waals surface area contributed by atoms with Gasteiger partial charge in [-0.05, 0) is 122 Å². The maximum Gasteiger partial charge on any atom is 0.302 e. The Labute approximate surface area is 214 Å². The third-order valence-electron chi connectivity index (χ3n) is 13.8. The van der Waals surface area contributed by atoms with Crippen LogP contribution in [0.5, 0.6) is 0 Å². The summed E-state index contributed by atoms with van der Waals surface area (Å²) in [4.78, 5) is 11.9. The topological polar surface area (TPSA) is 46.5 Å². The maximum absolute atomic E-state index is 11.9. The molecule has 0 aromatic carbocycles. The second-order valence-electron chi connectivity index (χ2n) is 15.2. The van der Waals surface area contributed by atoms with Crippen LogP contribution in [0.15, 0.2) is 12.2 Å². The molecule has 0 aromatic rings. The number of fused-ring (bicyclic) bond motifs is 7. The van der Waals surface area contributed by atoms with Gasteiger partial charge in [0.15, 0.2) is 0 Å². The Kier molecular flexibility index (Phi) is 5.96. The van der Waals surface area contributed by atoms with E-state index in [4.69, 9.17) is 4.74 Å². The zero-order valence-electron chi connectivity index (χ0n) is 23.7. The van der Waals surface area contributed by atoms with E-state index in [1.54, 1.807) is 6.92 Å². The molecular formula is C32H52O3. The van der Waals surface area contributed by atoms with Crippen molar-refractivity contribution in [1.29, 1.82) is 0 Å². The minimum absolute atomic E-state index is 0.0207. The van der Waals surface area contributed by atoms with Gasteiger partial charge < -0.3 is 9.84 Å². The smallest absolute Gasteiger partial charge is 0.302 e. The summed E-state index contributed by atoms with van der Waals surface area (Å²) < 4.78 is 5.90. The zero-order chi connectivity index (χ0) is 25.6. The summed E-state index contributed by atoms with van der Waals surface area (Å²) in [5, 5.41) is 10.7. The van der Waals surface area contributed by atoms with Gasteiger partial charge in [0, 0.05) is 18.9 Å². The SMILES string of the molecule is C=C(C)[C@@H]1CC[C@]2(CO)CC[C@]3(C)[C@@H](CC[C@@H]4[C@@]5(C)CC[C@H](OC(C)=O)C(C)(C)[C@@H]5CC[C@]43C)[C@H]12. The molecule has 0 heterocycles. The first-order chi connectivity index (χ1) is 16.3. The van der Waals surface area contributed by atoms with E-state index in [1.807, 2.05) is 0 Å². The number of aliphatic hydroxyl groups is 1. The first-order valence-electron chi connectivity index (χ1n) is 14.7. The van der Waals surface area contributed by atoms with E-state index in [0.29, 0.717) is 46.5 Å². The summed E-state index contributed by atoms with van der Waals surface area (Å²) in [6, 6.07) is 0. The molecule has 35 heavy (non-hydrogen) atoms. The Morgan fingerprint density at radius 3 is 2.20 bits per heavy atom. The fraction of sp³-hybridized carbons (Fsp3) is 0.906. The molecule has 10 atom stereocenters. The van der Waals surface area contributed by atoms with Crippen LogP contribution in [0.25, 0.3) is 0 Å². The Balaban J connectivity index is 1.51. The van der Waals surface area contributed by atoms with Gasteiger partial charge in [0.1, 0.15) is 6.10 Å². The minimum Gasteiger partial charge on any atom is -0.462 e. The molecule has 3 nitrogen and oxygen atoms in total. The number of esters is 1. The number of ether oxygens (including phenoxy) is 1. The monoisotopic (exact) mass is 484 g/mol. The standard InChI is InChI=1S/C32H52O3/c1-20(2)22-11-16-32(19-33)18-17-30(7)23(27(22)32)9-10-25-29(6)14-13-26(35-21(3)34)28(4,5)24(29)12-15-31(25,30)8/h22-27,33H,1,9-19H2,2-8H3/t22-,23-,24-,25+,26-,27-,29-,30+,31+,32+/m0/s1. The number of carbonyl (C=O) groups is 1. The largest absolute Gasteiger partial charge is 0.462 e. The highest BCUT2D eigenvalue weighted by molar-refractivity contribution is 5.66. The number of aliphatic hydroxyl groups excluding tert-OH is 1. The summed E-state index contributed by atoms with van der Waals surface area (Å²) in [6.07, 6.45) is 12.2. The van der Waals surface area contributed by atoms with Crippen LogP contribution in [-0.4, -0.2) is 23.8 Å². The third kappa shape index (κ3) is 3.28. The Morgan fingerprint density at radius 1 is 0.857 bits per heavy atom. The molecule has 0 spiro atoms. The van der Waals surface area contributed by atoms with E-state index in [2.05, 4.69) is 48.1 Å². The lowest BCUT2D eigenvalue weighted by molar-refractivity contribution is -0.251. The first-order valence-corrected chi connectivity index (χ1v) is 14.7. The van der Waals surface area contributed by atoms with Gasteiger partial charge in [-0.1, -0.05) is 46.8 Å². The van der Waals surface area contributed by atoms with Crippen LogP contribution in [0.1, 0.15) is 113 Å². The molecule has 5 rings (SSSR count). The highest BCUT2D eigenvalue weighted by Crippen LogP contribution is 2.77. The van der Waals surface area contributed by atoms with E-state index in [1.165, 1.54) is 63.4 Å². The molecule has 0 unspecified atom stereocenters. The fourth-order valence-electron chi connectivity index (χ4n) is 11.9. The molecule has 198 valence electrons. The van der Waals surface area contributed by atoms with Crippen LogP contribution >= 0.6 is 0 Å². The van der Waals surface area contributed by atoms with Crippen LogP contribution in [0.2, 0.25) is 0 Å². The van der Waals surface area contributed by atoms with Crippen LogP contribution < -0.4 is 0 Å². The van der Waals surface area contributed by atoms with Gasteiger partial charge >= 0.3 is 5.97 Å². The molecule has 0 amide bonds. The predicted molar refractivity (Wildman–Crippen MR) is 142 cm³/mol. The van der Waals surface area contributed by atoms with Crippen molar-refractivity contribution in [2.45, 2.75) is 119 Å². The van der Waals surface area contributed by atoms with Crippen LogP contribution in [-0.2, 0) is 9.53 Å². The highest BCUT2D eigenvalue weighted by atomic mass is 16.5. The average Bonchev–Trinajstić information content (AvgIpc) is 3.16. The van der Waals surface area contributed by atoms with Crippen molar-refractivity contribution in [2.75, 3.05) is 6.61 Å². The van der Waals surface area contributed by atoms with Crippen molar-refractivity contribution in [3.8, 4) is 0 Å². The van der Waals surface area contributed by atoms with Gasteiger partial charge in [0.25, 0.3) is 0 Å². The number of allylic oxidation sites excluding steroid dienone is 1. The number of rotatable bonds is 3. The predicted octanol–water partition coefficient (Wildman–Crippen LogP) is 7.57. The molecule has 0 saturated heterocycles. The molecule has 5 aliphatic carbocycles. The lowest BCUT2D eigenvalue weighted by Crippen LogP contribution is -2.67. The quantitative estimate of drug-likeness (QED) is 0.332. The molecule has 3 heteroatoms. The van der Waals surface area contributed by atoms with Crippen LogP contribution in [0, 0.1) is 56.7 Å². The summed E-state index contributed by atoms with van der Waals surface area (Å²) >= 11 is 0. The number of carbonyl (C=O) groups excluding carboxylic acids is 1. The second kappa shape index (κ2) is 8.08. The normalized spacial score (nSPS) is 52.5. The van der Waals surface area contributed by atoms with Gasteiger partial charge in [-0.25, -0.2) is 0 Å². The number of hydrogen-bond donors (Lipinski definition) is 1. The number of hydrogen-bond acceptors (Lipinski definition) is 3. The maximum atomic E-state index is 11.9. The van der Waals surface area contributed by atoms with Crippen LogP contribution in [0.4, 0.5) is 0 Å². The highest BCUT2D eigenvalue weighted by Gasteiger charge is 2.71. The molecule has 0 bridgehead atoms. The van der Waals surface area contributed by atoms with Crippen molar-refractivity contribution in [1.82, 2.24) is 0 Å². The lowest BCUT2D eigenvalue weighted by atomic mass is 9.32. The summed E-state index contributed by atoms with van der Waals surface area (Å²) in [5.41, 5.74) is 2.45. The Bertz CT molecular complexity index is 891. The summed E-state index contributed by atoms with van der Waals surface area (Å²) in [6.45, 7) is 21.3. The third-order valence-corrected chi connectivity index (χ3v) is 13.8. The van der Waals surface area contributed by atoms with E-state index >= 15 is 0 Å². The lowest BCUT2D eigenvalue weighted by Gasteiger charge is -2.73. The second-order valence-corrected chi connectivity index (χ2v) is 15.2. The molecular weight excluding hydrogens is 432 g/mol. The molecule has 0 aromatic heterocycles. The van der Waals surface area contributed by atoms with Crippen molar-refractivity contribution in [2.24, 2.45) is 56.7 Å². The van der Waals surface area contributed by atoms with Gasteiger partial charge in [-0.3, -0.25) is 4.79 Å². The van der Waals surface area contributed by atoms with Gasteiger partial charge in [-0.15, -0.1) is 0 Å². The Morgan fingerprint density at radius 2 is 1.57 bits per heavy atom. The van der Waals surface area contributed by atoms with Crippen molar-refractivity contribution >= 4 is 5.97 Å². The Hall–Kier alpha value is -0.830. The zero-order valence-corrected chi connectivity index (χ0v) is 23.7. The van der Waals surface area contributed by atoms with Gasteiger partial charge in [0.05, 0.1) is 0 Å². The van der Waals surface area contributed by atoms with E-state index < -0.39 is 0 Å². The molecule has 1 N–H and O–H groups in total. The van der Waals surface area contributed by atoms with Crippen molar-refractivity contribution in [3.63, 3.8) is 0 Å². The fourth-order valence-corrected chi connectivity index (χ4v) is 11.9. The first kappa shape index (κ1) is 25.8. The minimum atomic E-state index is -0.126. The van der Waals surface area contributed by atoms with E-state index in [-0.39, 0.29) is 22.9 Å². The van der Waals surface area contributed by atoms with Gasteiger partial charge in [-0.2, -0.15) is 0 Å². The van der Waals surface area contributed by atoms with Crippen molar-refractivity contribution in [3.05, 3.63) is 12.2 Å². The van der Waals surface area contributed by atoms with Crippen LogP contribution in [0.3, 0.4) is 0 Å². The average molecular weight is 485 g/mol. The van der Waals surface area contributed by atoms with Gasteiger partial charge in [0.2, 0.25) is 0 Å². The molecule has 0 radical (unpaired) electrons. The summed E-state index contributed by atoms with van der Waals surface area (Å²) in [7, 11) is 0. The molecule has 5 saturated carbocycles. The molecule has 0 aliphatic heterocycles. The van der Waals surface area contributed by atoms with E-state index in [9.17, 15) is 9.90 Å².